The molecular formula is C24H29N3O3. The molecule has 1 amide bonds. The van der Waals surface area contributed by atoms with Gasteiger partial charge in [0.15, 0.2) is 5.82 Å². The number of hydrogen-bond donors (Lipinski definition) is 2. The minimum Gasteiger partial charge on any atom is -0.390 e. The smallest absolute Gasteiger partial charge is 0.251 e. The molecule has 1 aromatic heterocycles. The van der Waals surface area contributed by atoms with E-state index in [2.05, 4.69) is 10.3 Å². The van der Waals surface area contributed by atoms with Gasteiger partial charge < -0.3 is 15.0 Å². The lowest BCUT2D eigenvalue weighted by Crippen LogP contribution is -2.61. The number of aromatic nitrogens is 2. The lowest BCUT2D eigenvalue weighted by Gasteiger charge is -2.58. The first-order chi connectivity index (χ1) is 14.4. The number of benzene rings is 1. The summed E-state index contributed by atoms with van der Waals surface area (Å²) in [5, 5.41) is 14.1. The summed E-state index contributed by atoms with van der Waals surface area (Å²) in [7, 11) is 1.80. The zero-order valence-electron chi connectivity index (χ0n) is 17.6. The van der Waals surface area contributed by atoms with Crippen molar-refractivity contribution < 1.29 is 14.7 Å². The minimum atomic E-state index is -0.501. The van der Waals surface area contributed by atoms with Crippen LogP contribution in [0.4, 0.5) is 0 Å². The predicted molar refractivity (Wildman–Crippen MR) is 112 cm³/mol. The van der Waals surface area contributed by atoms with Crippen molar-refractivity contribution in [3.8, 4) is 0 Å². The zero-order valence-corrected chi connectivity index (χ0v) is 17.6. The summed E-state index contributed by atoms with van der Waals surface area (Å²) >= 11 is 0. The van der Waals surface area contributed by atoms with Gasteiger partial charge in [-0.3, -0.25) is 9.59 Å². The number of ketones is 1. The average Bonchev–Trinajstić information content (AvgIpc) is 3.14. The highest BCUT2D eigenvalue weighted by atomic mass is 16.3. The molecule has 2 N–H and O–H groups in total. The van der Waals surface area contributed by atoms with Gasteiger partial charge in [0.1, 0.15) is 0 Å². The molecule has 6 heteroatoms. The fraction of sp³-hybridized carbons (Fsp3) is 0.542. The molecule has 1 aromatic carbocycles. The van der Waals surface area contributed by atoms with E-state index in [1.807, 2.05) is 13.0 Å². The van der Waals surface area contributed by atoms with Crippen LogP contribution >= 0.6 is 0 Å². The maximum absolute atomic E-state index is 13.2. The van der Waals surface area contributed by atoms with E-state index in [9.17, 15) is 14.7 Å². The standard InChI is InChI=1S/C24H29N3O3/c1-3-15-10-16(21(28)22-25-6-7-27(22)2)4-5-19(15)23(29)26-20-17-8-14-9-18(20)13-24(30,11-14)12-17/h4-7,10,14,17-18,20,30H,3,8-9,11-13H2,1-2H3,(H,26,29). The Morgan fingerprint density at radius 2 is 1.97 bits per heavy atom. The molecule has 6 rings (SSSR count). The Kier molecular flexibility index (Phi) is 4.58. The molecule has 30 heavy (non-hydrogen) atoms. The molecule has 0 saturated heterocycles. The van der Waals surface area contributed by atoms with E-state index in [1.54, 1.807) is 36.1 Å². The van der Waals surface area contributed by atoms with Gasteiger partial charge in [-0.1, -0.05) is 13.0 Å². The van der Waals surface area contributed by atoms with Crippen molar-refractivity contribution in [1.29, 1.82) is 0 Å². The number of aliphatic hydroxyl groups is 1. The van der Waals surface area contributed by atoms with Crippen LogP contribution in [0.2, 0.25) is 0 Å². The second-order valence-corrected chi connectivity index (χ2v) is 9.61. The van der Waals surface area contributed by atoms with Gasteiger partial charge in [0.05, 0.1) is 5.60 Å². The third kappa shape index (κ3) is 3.18. The monoisotopic (exact) mass is 407 g/mol. The van der Waals surface area contributed by atoms with Gasteiger partial charge in [-0.05, 0) is 74.0 Å². The van der Waals surface area contributed by atoms with Crippen molar-refractivity contribution in [2.24, 2.45) is 24.8 Å². The maximum Gasteiger partial charge on any atom is 0.251 e. The summed E-state index contributed by atoms with van der Waals surface area (Å²) < 4.78 is 1.70. The lowest BCUT2D eigenvalue weighted by atomic mass is 9.52. The molecule has 0 aliphatic heterocycles. The number of hydrogen-bond acceptors (Lipinski definition) is 4. The Morgan fingerprint density at radius 1 is 1.23 bits per heavy atom. The number of nitrogens with zero attached hydrogens (tertiary/aromatic N) is 2. The molecule has 2 atom stereocenters. The van der Waals surface area contributed by atoms with Crippen LogP contribution in [-0.4, -0.2) is 38.0 Å². The molecule has 1 heterocycles. The summed E-state index contributed by atoms with van der Waals surface area (Å²) in [6.07, 6.45) is 8.80. The van der Waals surface area contributed by atoms with Gasteiger partial charge in [0.25, 0.3) is 5.91 Å². The Balaban J connectivity index is 1.36. The third-order valence-electron chi connectivity index (χ3n) is 7.56. The van der Waals surface area contributed by atoms with E-state index in [4.69, 9.17) is 0 Å². The van der Waals surface area contributed by atoms with Crippen molar-refractivity contribution >= 4 is 11.7 Å². The molecule has 4 fully saturated rings. The first-order valence-electron chi connectivity index (χ1n) is 11.0. The zero-order chi connectivity index (χ0) is 21.0. The number of nitrogens with one attached hydrogen (secondary N) is 1. The Labute approximate surface area is 176 Å². The summed E-state index contributed by atoms with van der Waals surface area (Å²) in [6, 6.07) is 5.47. The quantitative estimate of drug-likeness (QED) is 0.747. The summed E-state index contributed by atoms with van der Waals surface area (Å²) in [5.74, 6) is 1.55. The van der Waals surface area contributed by atoms with Crippen LogP contribution in [-0.2, 0) is 13.5 Å². The fourth-order valence-corrected chi connectivity index (χ4v) is 6.41. The van der Waals surface area contributed by atoms with E-state index in [0.29, 0.717) is 41.1 Å². The van der Waals surface area contributed by atoms with Crippen LogP contribution in [0.15, 0.2) is 30.6 Å². The third-order valence-corrected chi connectivity index (χ3v) is 7.56. The average molecular weight is 408 g/mol. The molecule has 2 unspecified atom stereocenters. The molecule has 158 valence electrons. The van der Waals surface area contributed by atoms with Crippen molar-refractivity contribution in [2.75, 3.05) is 0 Å². The Hall–Kier alpha value is -2.47. The highest BCUT2D eigenvalue weighted by Gasteiger charge is 2.55. The second-order valence-electron chi connectivity index (χ2n) is 9.61. The largest absolute Gasteiger partial charge is 0.390 e. The first kappa shape index (κ1) is 19.5. The molecule has 6 nitrogen and oxygen atoms in total. The minimum absolute atomic E-state index is 0.0627. The van der Waals surface area contributed by atoms with E-state index in [-0.39, 0.29) is 17.7 Å². The van der Waals surface area contributed by atoms with Gasteiger partial charge in [-0.2, -0.15) is 0 Å². The van der Waals surface area contributed by atoms with Gasteiger partial charge >= 0.3 is 0 Å². The van der Waals surface area contributed by atoms with Crippen molar-refractivity contribution in [3.63, 3.8) is 0 Å². The highest BCUT2D eigenvalue weighted by Crippen LogP contribution is 2.55. The van der Waals surface area contributed by atoms with Crippen molar-refractivity contribution in [3.05, 3.63) is 53.1 Å². The number of carbonyl (C=O) groups excluding carboxylic acids is 2. The van der Waals surface area contributed by atoms with Gasteiger partial charge in [-0.25, -0.2) is 4.98 Å². The lowest BCUT2D eigenvalue weighted by molar-refractivity contribution is -0.136. The SMILES string of the molecule is CCc1cc(C(=O)c2nccn2C)ccc1C(=O)NC1C2CC3CC1CC(O)(C3)C2. The number of imidazole rings is 1. The number of aryl methyl sites for hydroxylation is 2. The van der Waals surface area contributed by atoms with Crippen molar-refractivity contribution in [1.82, 2.24) is 14.9 Å². The highest BCUT2D eigenvalue weighted by molar-refractivity contribution is 6.07. The van der Waals surface area contributed by atoms with Crippen LogP contribution in [0, 0.1) is 17.8 Å². The molecule has 4 bridgehead atoms. The van der Waals surface area contributed by atoms with Crippen LogP contribution in [0.25, 0.3) is 0 Å². The number of amides is 1. The summed E-state index contributed by atoms with van der Waals surface area (Å²) in [6.45, 7) is 2.00. The van der Waals surface area contributed by atoms with Crippen LogP contribution in [0.3, 0.4) is 0 Å². The Morgan fingerprint density at radius 3 is 2.57 bits per heavy atom. The molecule has 0 spiro atoms. The fourth-order valence-electron chi connectivity index (χ4n) is 6.41. The summed E-state index contributed by atoms with van der Waals surface area (Å²) in [4.78, 5) is 30.1. The van der Waals surface area contributed by atoms with Gasteiger partial charge in [0, 0.05) is 36.6 Å². The normalized spacial score (nSPS) is 31.7. The van der Waals surface area contributed by atoms with E-state index in [1.165, 1.54) is 0 Å². The van der Waals surface area contributed by atoms with Crippen LogP contribution in [0.1, 0.15) is 71.1 Å². The molecule has 4 saturated carbocycles. The predicted octanol–water partition coefficient (Wildman–Crippen LogP) is 2.88. The van der Waals surface area contributed by atoms with Gasteiger partial charge in [0.2, 0.25) is 5.78 Å². The second kappa shape index (κ2) is 7.05. The molecule has 0 radical (unpaired) electrons. The summed E-state index contributed by atoms with van der Waals surface area (Å²) in [5.41, 5.74) is 1.56. The maximum atomic E-state index is 13.2. The molecule has 4 aliphatic rings. The number of carbonyl (C=O) groups is 2. The molecule has 2 aromatic rings. The van der Waals surface area contributed by atoms with Crippen LogP contribution in [0.5, 0.6) is 0 Å². The topological polar surface area (TPSA) is 84.2 Å². The molecular weight excluding hydrogens is 378 g/mol. The Bertz CT molecular complexity index is 995. The van der Waals surface area contributed by atoms with E-state index in [0.717, 1.165) is 37.7 Å². The number of rotatable bonds is 5. The van der Waals surface area contributed by atoms with E-state index < -0.39 is 5.60 Å². The van der Waals surface area contributed by atoms with Crippen molar-refractivity contribution in [2.45, 2.75) is 57.1 Å². The van der Waals surface area contributed by atoms with Crippen LogP contribution < -0.4 is 5.32 Å². The van der Waals surface area contributed by atoms with E-state index >= 15 is 0 Å². The molecule has 4 aliphatic carbocycles. The van der Waals surface area contributed by atoms with Gasteiger partial charge in [-0.15, -0.1) is 0 Å². The first-order valence-corrected chi connectivity index (χ1v) is 11.0.